The molecule has 0 radical (unpaired) electrons. The zero-order chi connectivity index (χ0) is 21.2. The van der Waals surface area contributed by atoms with Crippen LogP contribution in [0.2, 0.25) is 0 Å². The van der Waals surface area contributed by atoms with Gasteiger partial charge in [0.15, 0.2) is 0 Å². The van der Waals surface area contributed by atoms with Crippen molar-refractivity contribution < 1.29 is 9.59 Å². The fourth-order valence-electron chi connectivity index (χ4n) is 3.48. The summed E-state index contributed by atoms with van der Waals surface area (Å²) in [7, 11) is 0. The fraction of sp³-hybridized carbons (Fsp3) is 0.348. The van der Waals surface area contributed by atoms with Crippen LogP contribution in [0.5, 0.6) is 0 Å². The molecule has 29 heavy (non-hydrogen) atoms. The molecule has 2 aromatic carbocycles. The minimum atomic E-state index is -0.984. The summed E-state index contributed by atoms with van der Waals surface area (Å²) in [6, 6.07) is 17.0. The van der Waals surface area contributed by atoms with Gasteiger partial charge in [-0.2, -0.15) is 5.26 Å². The second-order valence-corrected chi connectivity index (χ2v) is 8.07. The first kappa shape index (κ1) is 20.6. The molecule has 1 heterocycles. The van der Waals surface area contributed by atoms with Gasteiger partial charge in [-0.3, -0.25) is 19.4 Å². The number of benzene rings is 2. The van der Waals surface area contributed by atoms with E-state index in [1.807, 2.05) is 44.2 Å². The van der Waals surface area contributed by atoms with Crippen molar-refractivity contribution in [3.05, 3.63) is 59.7 Å². The van der Waals surface area contributed by atoms with Crippen LogP contribution in [0.4, 0.5) is 11.4 Å². The molecular formula is C23H26N4O2. The van der Waals surface area contributed by atoms with Crippen molar-refractivity contribution >= 4 is 23.2 Å². The van der Waals surface area contributed by atoms with E-state index in [-0.39, 0.29) is 24.4 Å². The SMILES string of the molecule is CC(C)N(CC(=O)N1c2ccccc2NC(=O)C1(C)C)Cc1ccc(C#N)cc1. The number of fused-ring (bicyclic) bond motifs is 1. The molecule has 150 valence electrons. The van der Waals surface area contributed by atoms with Crippen molar-refractivity contribution in [2.45, 2.75) is 45.8 Å². The summed E-state index contributed by atoms with van der Waals surface area (Å²) < 4.78 is 0. The summed E-state index contributed by atoms with van der Waals surface area (Å²) in [6.45, 7) is 8.37. The summed E-state index contributed by atoms with van der Waals surface area (Å²) in [4.78, 5) is 29.7. The highest BCUT2D eigenvalue weighted by atomic mass is 16.2. The third-order valence-electron chi connectivity index (χ3n) is 5.29. The van der Waals surface area contributed by atoms with Crippen molar-refractivity contribution in [3.8, 4) is 6.07 Å². The smallest absolute Gasteiger partial charge is 0.250 e. The zero-order valence-corrected chi connectivity index (χ0v) is 17.3. The lowest BCUT2D eigenvalue weighted by atomic mass is 9.96. The van der Waals surface area contributed by atoms with Gasteiger partial charge in [-0.1, -0.05) is 24.3 Å². The second kappa shape index (κ2) is 8.06. The predicted octanol–water partition coefficient (Wildman–Crippen LogP) is 3.53. The lowest BCUT2D eigenvalue weighted by Crippen LogP contribution is -2.60. The minimum absolute atomic E-state index is 0.125. The van der Waals surface area contributed by atoms with Crippen LogP contribution in [0.15, 0.2) is 48.5 Å². The summed E-state index contributed by atoms with van der Waals surface area (Å²) in [5, 5.41) is 11.9. The average Bonchev–Trinajstić information content (AvgIpc) is 2.68. The molecule has 2 aromatic rings. The van der Waals surface area contributed by atoms with Gasteiger partial charge in [-0.15, -0.1) is 0 Å². The maximum absolute atomic E-state index is 13.4. The lowest BCUT2D eigenvalue weighted by molar-refractivity contribution is -0.127. The van der Waals surface area contributed by atoms with Gasteiger partial charge in [0.1, 0.15) is 5.54 Å². The van der Waals surface area contributed by atoms with E-state index >= 15 is 0 Å². The molecule has 2 amide bonds. The molecule has 0 bridgehead atoms. The number of hydrogen-bond donors (Lipinski definition) is 1. The molecular weight excluding hydrogens is 364 g/mol. The summed E-state index contributed by atoms with van der Waals surface area (Å²) in [5.41, 5.74) is 2.01. The van der Waals surface area contributed by atoms with E-state index in [1.54, 1.807) is 36.9 Å². The monoisotopic (exact) mass is 390 g/mol. The molecule has 0 aromatic heterocycles. The Labute approximate surface area is 171 Å². The van der Waals surface area contributed by atoms with Gasteiger partial charge in [-0.05, 0) is 57.5 Å². The van der Waals surface area contributed by atoms with Crippen LogP contribution in [0.25, 0.3) is 0 Å². The van der Waals surface area contributed by atoms with Crippen LogP contribution in [0.3, 0.4) is 0 Å². The van der Waals surface area contributed by atoms with Gasteiger partial charge in [0.25, 0.3) is 0 Å². The lowest BCUT2D eigenvalue weighted by Gasteiger charge is -2.43. The quantitative estimate of drug-likeness (QED) is 0.847. The first-order chi connectivity index (χ1) is 13.7. The Morgan fingerprint density at radius 1 is 1.17 bits per heavy atom. The standard InChI is InChI=1S/C23H26N4O2/c1-16(2)26(14-18-11-9-17(13-24)10-12-18)15-21(28)27-20-8-6-5-7-19(20)25-22(29)23(27,3)4/h5-12,16H,14-15H2,1-4H3,(H,25,29). The third-order valence-corrected chi connectivity index (χ3v) is 5.29. The molecule has 6 nitrogen and oxygen atoms in total. The minimum Gasteiger partial charge on any atom is -0.322 e. The Balaban J connectivity index is 1.85. The average molecular weight is 390 g/mol. The largest absolute Gasteiger partial charge is 0.322 e. The number of rotatable bonds is 5. The molecule has 0 aliphatic carbocycles. The van der Waals surface area contributed by atoms with Crippen molar-refractivity contribution in [2.75, 3.05) is 16.8 Å². The Morgan fingerprint density at radius 2 is 1.83 bits per heavy atom. The molecule has 0 unspecified atom stereocenters. The summed E-state index contributed by atoms with van der Waals surface area (Å²) in [6.07, 6.45) is 0. The van der Waals surface area contributed by atoms with Crippen molar-refractivity contribution in [1.29, 1.82) is 5.26 Å². The predicted molar refractivity (Wildman–Crippen MR) is 113 cm³/mol. The Bertz CT molecular complexity index is 958. The number of carbonyl (C=O) groups is 2. The number of amides is 2. The number of nitrogens with zero attached hydrogens (tertiary/aromatic N) is 3. The van der Waals surface area contributed by atoms with Crippen molar-refractivity contribution in [2.24, 2.45) is 0 Å². The van der Waals surface area contributed by atoms with E-state index in [1.165, 1.54) is 0 Å². The van der Waals surface area contributed by atoms with Crippen LogP contribution < -0.4 is 10.2 Å². The molecule has 1 aliphatic rings. The molecule has 0 spiro atoms. The van der Waals surface area contributed by atoms with Crippen LogP contribution in [-0.2, 0) is 16.1 Å². The number of nitrogens with one attached hydrogen (secondary N) is 1. The highest BCUT2D eigenvalue weighted by Gasteiger charge is 2.43. The van der Waals surface area contributed by atoms with E-state index in [4.69, 9.17) is 5.26 Å². The van der Waals surface area contributed by atoms with Crippen molar-refractivity contribution in [1.82, 2.24) is 4.90 Å². The van der Waals surface area contributed by atoms with Crippen LogP contribution in [-0.4, -0.2) is 34.8 Å². The molecule has 0 saturated carbocycles. The molecule has 0 fully saturated rings. The molecule has 1 N–H and O–H groups in total. The maximum atomic E-state index is 13.4. The number of anilines is 2. The van der Waals surface area contributed by atoms with E-state index in [2.05, 4.69) is 16.3 Å². The topological polar surface area (TPSA) is 76.4 Å². The van der Waals surface area contributed by atoms with E-state index < -0.39 is 5.54 Å². The van der Waals surface area contributed by atoms with E-state index in [9.17, 15) is 9.59 Å². The molecule has 0 atom stereocenters. The van der Waals surface area contributed by atoms with E-state index in [0.717, 1.165) is 5.56 Å². The number of carbonyl (C=O) groups excluding carboxylic acids is 2. The third kappa shape index (κ3) is 4.15. The molecule has 1 aliphatic heterocycles. The van der Waals surface area contributed by atoms with Gasteiger partial charge < -0.3 is 5.32 Å². The van der Waals surface area contributed by atoms with Gasteiger partial charge in [-0.25, -0.2) is 0 Å². The zero-order valence-electron chi connectivity index (χ0n) is 17.3. The van der Waals surface area contributed by atoms with Crippen LogP contribution in [0, 0.1) is 11.3 Å². The maximum Gasteiger partial charge on any atom is 0.250 e. The van der Waals surface area contributed by atoms with Gasteiger partial charge in [0.05, 0.1) is 29.6 Å². The second-order valence-electron chi connectivity index (χ2n) is 8.07. The van der Waals surface area contributed by atoms with Crippen molar-refractivity contribution in [3.63, 3.8) is 0 Å². The Morgan fingerprint density at radius 3 is 2.45 bits per heavy atom. The first-order valence-corrected chi connectivity index (χ1v) is 9.70. The highest BCUT2D eigenvalue weighted by Crippen LogP contribution is 2.36. The highest BCUT2D eigenvalue weighted by molar-refractivity contribution is 6.14. The number of nitriles is 1. The Hall–Kier alpha value is -3.17. The van der Waals surface area contributed by atoms with Gasteiger partial charge >= 0.3 is 0 Å². The molecule has 3 rings (SSSR count). The normalized spacial score (nSPS) is 15.1. The van der Waals surface area contributed by atoms with Crippen LogP contribution in [0.1, 0.15) is 38.8 Å². The van der Waals surface area contributed by atoms with E-state index in [0.29, 0.717) is 23.5 Å². The fourth-order valence-corrected chi connectivity index (χ4v) is 3.48. The number of hydrogen-bond acceptors (Lipinski definition) is 4. The van der Waals surface area contributed by atoms with Crippen LogP contribution >= 0.6 is 0 Å². The Kier molecular flexibility index (Phi) is 5.71. The molecule has 6 heteroatoms. The summed E-state index contributed by atoms with van der Waals surface area (Å²) in [5.74, 6) is -0.326. The van der Waals surface area contributed by atoms with Gasteiger partial charge in [0.2, 0.25) is 11.8 Å². The first-order valence-electron chi connectivity index (χ1n) is 9.70. The summed E-state index contributed by atoms with van der Waals surface area (Å²) >= 11 is 0. The van der Waals surface area contributed by atoms with Gasteiger partial charge in [0, 0.05) is 12.6 Å². The number of para-hydroxylation sites is 2. The molecule has 0 saturated heterocycles.